The zero-order valence-electron chi connectivity index (χ0n) is 14.8. The summed E-state index contributed by atoms with van der Waals surface area (Å²) in [5.74, 6) is -0.764. The number of aromatic carboxylic acids is 1. The average molecular weight is 331 g/mol. The SMILES string of the molecule is CCCCOc1c2cc(=O)ccc-2cn(CC(C)(C)C)c1C(=O)O. The van der Waals surface area contributed by atoms with Gasteiger partial charge in [0, 0.05) is 23.9 Å². The monoisotopic (exact) mass is 331 g/mol. The Kier molecular flexibility index (Phi) is 5.32. The number of unbranched alkanes of at least 4 members (excludes halogenated alkanes) is 1. The van der Waals surface area contributed by atoms with Gasteiger partial charge in [-0.1, -0.05) is 34.1 Å². The molecule has 0 aromatic rings. The number of pyridine rings is 1. The summed E-state index contributed by atoms with van der Waals surface area (Å²) in [7, 11) is 0. The Bertz CT molecular complexity index is 755. The second-order valence-electron chi connectivity index (χ2n) is 7.25. The van der Waals surface area contributed by atoms with Crippen LogP contribution in [0.3, 0.4) is 0 Å². The van der Waals surface area contributed by atoms with Crippen LogP contribution in [0.4, 0.5) is 0 Å². The van der Waals surface area contributed by atoms with Gasteiger partial charge in [-0.3, -0.25) is 4.79 Å². The van der Waals surface area contributed by atoms with Crippen molar-refractivity contribution in [2.45, 2.75) is 47.1 Å². The van der Waals surface area contributed by atoms with Gasteiger partial charge in [-0.05, 0) is 30.0 Å². The number of carbonyl (C=O) groups is 1. The summed E-state index contributed by atoms with van der Waals surface area (Å²) in [4.78, 5) is 23.7. The van der Waals surface area contributed by atoms with E-state index in [1.165, 1.54) is 12.1 Å². The van der Waals surface area contributed by atoms with Gasteiger partial charge in [0.15, 0.2) is 16.9 Å². The minimum absolute atomic E-state index is 0.0955. The first-order valence-electron chi connectivity index (χ1n) is 8.26. The molecule has 0 saturated heterocycles. The van der Waals surface area contributed by atoms with E-state index in [-0.39, 0.29) is 22.3 Å². The fourth-order valence-electron chi connectivity index (χ4n) is 2.66. The molecular weight excluding hydrogens is 306 g/mol. The third-order valence-corrected chi connectivity index (χ3v) is 3.66. The molecule has 0 aromatic carbocycles. The molecule has 0 amide bonds. The van der Waals surface area contributed by atoms with Crippen LogP contribution < -0.4 is 10.2 Å². The standard InChI is InChI=1S/C19H25NO4/c1-5-6-9-24-17-15-10-14(21)8-7-13(15)11-20(12-19(2,3)4)16(17)18(22)23/h7-8,10-11H,5-6,9,12H2,1-4H3,(H,22,23). The number of ether oxygens (including phenoxy) is 1. The van der Waals surface area contributed by atoms with Crippen molar-refractivity contribution >= 4 is 5.97 Å². The molecule has 5 heteroatoms. The Labute approximate surface area is 142 Å². The van der Waals surface area contributed by atoms with Crippen molar-refractivity contribution in [3.8, 4) is 16.9 Å². The second kappa shape index (κ2) is 7.07. The number of hydrogen-bond acceptors (Lipinski definition) is 3. The van der Waals surface area contributed by atoms with Gasteiger partial charge in [-0.15, -0.1) is 0 Å². The van der Waals surface area contributed by atoms with Crippen molar-refractivity contribution in [3.63, 3.8) is 0 Å². The van der Waals surface area contributed by atoms with E-state index >= 15 is 0 Å². The molecule has 0 spiro atoms. The van der Waals surface area contributed by atoms with Crippen LogP contribution in [0.25, 0.3) is 11.1 Å². The van der Waals surface area contributed by atoms with Gasteiger partial charge in [0.05, 0.1) is 6.61 Å². The summed E-state index contributed by atoms with van der Waals surface area (Å²) < 4.78 is 7.54. The molecule has 0 aromatic heterocycles. The molecule has 1 N–H and O–H groups in total. The Balaban J connectivity index is 2.70. The van der Waals surface area contributed by atoms with Crippen LogP contribution in [0.2, 0.25) is 0 Å². The molecule has 1 heterocycles. The topological polar surface area (TPSA) is 68.5 Å². The molecule has 0 fully saturated rings. The number of benzene rings is 1. The highest BCUT2D eigenvalue weighted by Crippen LogP contribution is 2.36. The average Bonchev–Trinajstić information content (AvgIpc) is 2.45. The molecule has 24 heavy (non-hydrogen) atoms. The predicted molar refractivity (Wildman–Crippen MR) is 94.1 cm³/mol. The number of hydrogen-bond donors (Lipinski definition) is 1. The molecule has 0 bridgehead atoms. The van der Waals surface area contributed by atoms with Crippen molar-refractivity contribution in [3.05, 3.63) is 40.3 Å². The van der Waals surface area contributed by atoms with Crippen LogP contribution in [0, 0.1) is 5.41 Å². The van der Waals surface area contributed by atoms with Crippen LogP contribution in [-0.2, 0) is 6.54 Å². The maximum absolute atomic E-state index is 11.9. The summed E-state index contributed by atoms with van der Waals surface area (Å²) in [5.41, 5.74) is 1.20. The predicted octanol–water partition coefficient (Wildman–Crippen LogP) is 3.88. The molecule has 1 aliphatic carbocycles. The summed E-state index contributed by atoms with van der Waals surface area (Å²) in [6, 6.07) is 4.65. The van der Waals surface area contributed by atoms with Crippen molar-refractivity contribution in [1.29, 1.82) is 0 Å². The summed E-state index contributed by atoms with van der Waals surface area (Å²) in [6.07, 6.45) is 3.56. The fourth-order valence-corrected chi connectivity index (χ4v) is 2.66. The van der Waals surface area contributed by atoms with Gasteiger partial charge in [0.1, 0.15) is 0 Å². The second-order valence-corrected chi connectivity index (χ2v) is 7.25. The molecule has 5 nitrogen and oxygen atoms in total. The third-order valence-electron chi connectivity index (χ3n) is 3.66. The Morgan fingerprint density at radius 2 is 2.00 bits per heavy atom. The van der Waals surface area contributed by atoms with Gasteiger partial charge in [-0.25, -0.2) is 4.79 Å². The van der Waals surface area contributed by atoms with Gasteiger partial charge < -0.3 is 14.4 Å². The van der Waals surface area contributed by atoms with E-state index in [0.29, 0.717) is 18.7 Å². The zero-order valence-corrected chi connectivity index (χ0v) is 14.8. The van der Waals surface area contributed by atoms with Crippen LogP contribution in [0.1, 0.15) is 51.0 Å². The number of nitrogens with zero attached hydrogens (tertiary/aromatic N) is 1. The lowest BCUT2D eigenvalue weighted by Crippen LogP contribution is -2.23. The van der Waals surface area contributed by atoms with Crippen LogP contribution in [-0.4, -0.2) is 22.2 Å². The lowest BCUT2D eigenvalue weighted by molar-refractivity contribution is 0.0675. The maximum Gasteiger partial charge on any atom is 0.356 e. The van der Waals surface area contributed by atoms with E-state index < -0.39 is 5.97 Å². The normalized spacial score (nSPS) is 11.7. The first-order chi connectivity index (χ1) is 11.2. The highest BCUT2D eigenvalue weighted by molar-refractivity contribution is 5.93. The molecule has 0 unspecified atom stereocenters. The van der Waals surface area contributed by atoms with Gasteiger partial charge in [0.25, 0.3) is 0 Å². The minimum atomic E-state index is -1.05. The van der Waals surface area contributed by atoms with Crippen molar-refractivity contribution < 1.29 is 14.6 Å². The van der Waals surface area contributed by atoms with Crippen LogP contribution >= 0.6 is 0 Å². The summed E-state index contributed by atoms with van der Waals surface area (Å²) >= 11 is 0. The molecule has 0 radical (unpaired) electrons. The largest absolute Gasteiger partial charge is 0.490 e. The Morgan fingerprint density at radius 3 is 2.58 bits per heavy atom. The van der Waals surface area contributed by atoms with Crippen molar-refractivity contribution in [1.82, 2.24) is 4.57 Å². The zero-order chi connectivity index (χ0) is 17.9. The van der Waals surface area contributed by atoms with Crippen LogP contribution in [0.5, 0.6) is 5.75 Å². The molecule has 2 aliphatic rings. The van der Waals surface area contributed by atoms with E-state index in [9.17, 15) is 14.7 Å². The smallest absolute Gasteiger partial charge is 0.356 e. The molecule has 1 aliphatic heterocycles. The van der Waals surface area contributed by atoms with Gasteiger partial charge >= 0.3 is 5.97 Å². The maximum atomic E-state index is 11.9. The first-order valence-corrected chi connectivity index (χ1v) is 8.26. The minimum Gasteiger partial charge on any atom is -0.490 e. The Hall–Kier alpha value is -2.30. The molecule has 130 valence electrons. The summed E-state index contributed by atoms with van der Waals surface area (Å²) in [6.45, 7) is 9.15. The molecule has 0 saturated carbocycles. The number of aromatic nitrogens is 1. The third kappa shape index (κ3) is 4.16. The molecular formula is C19H25NO4. The number of fused-ring (bicyclic) bond motifs is 1. The Morgan fingerprint density at radius 1 is 1.29 bits per heavy atom. The lowest BCUT2D eigenvalue weighted by Gasteiger charge is -2.26. The highest BCUT2D eigenvalue weighted by Gasteiger charge is 2.25. The number of carboxylic acid groups (broad SMARTS) is 1. The summed E-state index contributed by atoms with van der Waals surface area (Å²) in [5, 5.41) is 9.75. The van der Waals surface area contributed by atoms with Gasteiger partial charge in [0.2, 0.25) is 0 Å². The van der Waals surface area contributed by atoms with Crippen LogP contribution in [0.15, 0.2) is 29.2 Å². The number of carboxylic acids is 1. The highest BCUT2D eigenvalue weighted by atomic mass is 16.5. The molecule has 0 atom stereocenters. The van der Waals surface area contributed by atoms with E-state index in [1.54, 1.807) is 16.8 Å². The van der Waals surface area contributed by atoms with E-state index in [2.05, 4.69) is 0 Å². The van der Waals surface area contributed by atoms with Crippen molar-refractivity contribution in [2.24, 2.45) is 5.41 Å². The number of rotatable bonds is 6. The first kappa shape index (κ1) is 18.0. The van der Waals surface area contributed by atoms with E-state index in [0.717, 1.165) is 18.4 Å². The van der Waals surface area contributed by atoms with Gasteiger partial charge in [-0.2, -0.15) is 0 Å². The quantitative estimate of drug-likeness (QED) is 0.816. The van der Waals surface area contributed by atoms with E-state index in [4.69, 9.17) is 4.74 Å². The molecule has 2 rings (SSSR count). The fraction of sp³-hybridized carbons (Fsp3) is 0.474. The van der Waals surface area contributed by atoms with E-state index in [1.807, 2.05) is 27.7 Å². The lowest BCUT2D eigenvalue weighted by atomic mass is 9.95. The van der Waals surface area contributed by atoms with Crippen molar-refractivity contribution in [2.75, 3.05) is 6.61 Å².